The van der Waals surface area contributed by atoms with Gasteiger partial charge in [0.1, 0.15) is 0 Å². The number of benzene rings is 2. The van der Waals surface area contributed by atoms with Gasteiger partial charge < -0.3 is 15.0 Å². The van der Waals surface area contributed by atoms with Crippen LogP contribution < -0.4 is 15.0 Å². The van der Waals surface area contributed by atoms with E-state index >= 15 is 0 Å². The number of halogens is 2. The van der Waals surface area contributed by atoms with E-state index in [-0.39, 0.29) is 18.3 Å². The standard InChI is InChI=1S/C19H20ClFN2O2/c20-15-12-14(8-9-17(15)23-10-4-1-5-11-23)22-19(24)13-25-18-7-3-2-6-16(18)21/h2-3,6-9,12H,1,4-5,10-11,13H2,(H,22,24). The number of anilines is 2. The molecule has 132 valence electrons. The summed E-state index contributed by atoms with van der Waals surface area (Å²) in [5.41, 5.74) is 1.58. The molecule has 1 aliphatic heterocycles. The van der Waals surface area contributed by atoms with E-state index in [0.717, 1.165) is 18.8 Å². The van der Waals surface area contributed by atoms with Crippen LogP contribution in [0.1, 0.15) is 19.3 Å². The first-order valence-corrected chi connectivity index (χ1v) is 8.73. The number of para-hydroxylation sites is 1. The average molecular weight is 363 g/mol. The zero-order valence-electron chi connectivity index (χ0n) is 13.8. The Kier molecular flexibility index (Phi) is 5.76. The zero-order valence-corrected chi connectivity index (χ0v) is 14.6. The molecule has 2 aromatic rings. The Morgan fingerprint density at radius 2 is 1.92 bits per heavy atom. The van der Waals surface area contributed by atoms with Gasteiger partial charge in [0.05, 0.1) is 10.7 Å². The quantitative estimate of drug-likeness (QED) is 0.852. The highest BCUT2D eigenvalue weighted by Crippen LogP contribution is 2.30. The highest BCUT2D eigenvalue weighted by atomic mass is 35.5. The summed E-state index contributed by atoms with van der Waals surface area (Å²) in [7, 11) is 0. The first kappa shape index (κ1) is 17.5. The first-order valence-electron chi connectivity index (χ1n) is 8.35. The molecule has 1 heterocycles. The van der Waals surface area contributed by atoms with Crippen LogP contribution in [-0.2, 0) is 4.79 Å². The summed E-state index contributed by atoms with van der Waals surface area (Å²) in [6.07, 6.45) is 3.59. The molecule has 2 aromatic carbocycles. The molecule has 0 aromatic heterocycles. The lowest BCUT2D eigenvalue weighted by atomic mass is 10.1. The second-order valence-corrected chi connectivity index (χ2v) is 6.39. The molecule has 6 heteroatoms. The molecule has 3 rings (SSSR count). The lowest BCUT2D eigenvalue weighted by molar-refractivity contribution is -0.118. The molecular formula is C19H20ClFN2O2. The summed E-state index contributed by atoms with van der Waals surface area (Å²) in [5, 5.41) is 3.32. The van der Waals surface area contributed by atoms with E-state index in [1.54, 1.807) is 18.2 Å². The van der Waals surface area contributed by atoms with Crippen LogP contribution in [0.5, 0.6) is 5.75 Å². The highest BCUT2D eigenvalue weighted by Gasteiger charge is 2.14. The van der Waals surface area contributed by atoms with Crippen molar-refractivity contribution in [1.82, 2.24) is 0 Å². The SMILES string of the molecule is O=C(COc1ccccc1F)Nc1ccc(N2CCCCC2)c(Cl)c1. The molecule has 1 N–H and O–H groups in total. The van der Waals surface area contributed by atoms with Gasteiger partial charge in [-0.05, 0) is 49.6 Å². The minimum Gasteiger partial charge on any atom is -0.481 e. The Labute approximate surface area is 151 Å². The van der Waals surface area contributed by atoms with Crippen molar-refractivity contribution >= 4 is 28.9 Å². The number of carbonyl (C=O) groups excluding carboxylic acids is 1. The van der Waals surface area contributed by atoms with Crippen molar-refractivity contribution in [2.45, 2.75) is 19.3 Å². The van der Waals surface area contributed by atoms with Gasteiger partial charge in [0, 0.05) is 18.8 Å². The molecule has 1 amide bonds. The van der Waals surface area contributed by atoms with Gasteiger partial charge >= 0.3 is 0 Å². The fourth-order valence-corrected chi connectivity index (χ4v) is 3.18. The number of rotatable bonds is 5. The topological polar surface area (TPSA) is 41.6 Å². The van der Waals surface area contributed by atoms with E-state index in [9.17, 15) is 9.18 Å². The maximum absolute atomic E-state index is 13.5. The molecular weight excluding hydrogens is 343 g/mol. The van der Waals surface area contributed by atoms with Crippen LogP contribution in [0, 0.1) is 5.82 Å². The third-order valence-corrected chi connectivity index (χ3v) is 4.43. The maximum Gasteiger partial charge on any atom is 0.262 e. The van der Waals surface area contributed by atoms with Crippen molar-refractivity contribution < 1.29 is 13.9 Å². The van der Waals surface area contributed by atoms with Gasteiger partial charge in [0.15, 0.2) is 18.2 Å². The van der Waals surface area contributed by atoms with E-state index in [2.05, 4.69) is 10.2 Å². The van der Waals surface area contributed by atoms with Crippen molar-refractivity contribution in [2.75, 3.05) is 29.9 Å². The van der Waals surface area contributed by atoms with Crippen LogP contribution in [0.3, 0.4) is 0 Å². The van der Waals surface area contributed by atoms with Gasteiger partial charge in [-0.3, -0.25) is 4.79 Å². The molecule has 0 atom stereocenters. The lowest BCUT2D eigenvalue weighted by Crippen LogP contribution is -2.29. The van der Waals surface area contributed by atoms with Crippen LogP contribution in [0.15, 0.2) is 42.5 Å². The molecule has 1 aliphatic rings. The molecule has 1 fully saturated rings. The van der Waals surface area contributed by atoms with Crippen LogP contribution in [0.2, 0.25) is 5.02 Å². The number of carbonyl (C=O) groups is 1. The molecule has 4 nitrogen and oxygen atoms in total. The molecule has 25 heavy (non-hydrogen) atoms. The zero-order chi connectivity index (χ0) is 17.6. The smallest absolute Gasteiger partial charge is 0.262 e. The molecule has 0 saturated carbocycles. The summed E-state index contributed by atoms with van der Waals surface area (Å²) in [4.78, 5) is 14.2. The second kappa shape index (κ2) is 8.21. The number of hydrogen-bond acceptors (Lipinski definition) is 3. The van der Waals surface area contributed by atoms with E-state index in [4.69, 9.17) is 16.3 Å². The Morgan fingerprint density at radius 3 is 2.64 bits per heavy atom. The summed E-state index contributed by atoms with van der Waals surface area (Å²) >= 11 is 6.37. The molecule has 1 saturated heterocycles. The highest BCUT2D eigenvalue weighted by molar-refractivity contribution is 6.33. The number of hydrogen-bond donors (Lipinski definition) is 1. The molecule has 0 bridgehead atoms. The van der Waals surface area contributed by atoms with E-state index in [0.29, 0.717) is 10.7 Å². The van der Waals surface area contributed by atoms with Crippen LogP contribution >= 0.6 is 11.6 Å². The van der Waals surface area contributed by atoms with Crippen LogP contribution in [0.25, 0.3) is 0 Å². The van der Waals surface area contributed by atoms with E-state index in [1.807, 2.05) is 12.1 Å². The van der Waals surface area contributed by atoms with E-state index < -0.39 is 5.82 Å². The summed E-state index contributed by atoms with van der Waals surface area (Å²) in [6.45, 7) is 1.73. The fourth-order valence-electron chi connectivity index (χ4n) is 2.88. The van der Waals surface area contributed by atoms with Crippen LogP contribution in [-0.4, -0.2) is 25.6 Å². The molecule has 0 spiro atoms. The minimum atomic E-state index is -0.496. The predicted molar refractivity (Wildman–Crippen MR) is 98.0 cm³/mol. The third-order valence-electron chi connectivity index (χ3n) is 4.12. The van der Waals surface area contributed by atoms with Gasteiger partial charge in [-0.1, -0.05) is 23.7 Å². The van der Waals surface area contributed by atoms with Gasteiger partial charge in [0.2, 0.25) is 0 Å². The second-order valence-electron chi connectivity index (χ2n) is 5.98. The monoisotopic (exact) mass is 362 g/mol. The largest absolute Gasteiger partial charge is 0.481 e. The van der Waals surface area contributed by atoms with Crippen molar-refractivity contribution in [3.05, 3.63) is 53.3 Å². The Bertz CT molecular complexity index is 748. The Hall–Kier alpha value is -2.27. The van der Waals surface area contributed by atoms with Crippen molar-refractivity contribution in [2.24, 2.45) is 0 Å². The van der Waals surface area contributed by atoms with E-state index in [1.165, 1.54) is 31.4 Å². The van der Waals surface area contributed by atoms with Gasteiger partial charge in [-0.25, -0.2) is 4.39 Å². The Balaban J connectivity index is 1.58. The van der Waals surface area contributed by atoms with Crippen molar-refractivity contribution in [3.63, 3.8) is 0 Å². The van der Waals surface area contributed by atoms with Gasteiger partial charge in [-0.15, -0.1) is 0 Å². The summed E-state index contributed by atoms with van der Waals surface area (Å²) in [6, 6.07) is 11.4. The first-order chi connectivity index (χ1) is 12.1. The third kappa shape index (κ3) is 4.63. The van der Waals surface area contributed by atoms with Gasteiger partial charge in [-0.2, -0.15) is 0 Å². The number of piperidine rings is 1. The summed E-state index contributed by atoms with van der Waals surface area (Å²) in [5.74, 6) is -0.814. The number of amides is 1. The number of ether oxygens (including phenoxy) is 1. The van der Waals surface area contributed by atoms with Crippen LogP contribution in [0.4, 0.5) is 15.8 Å². The molecule has 0 unspecified atom stereocenters. The fraction of sp³-hybridized carbons (Fsp3) is 0.316. The number of nitrogens with zero attached hydrogens (tertiary/aromatic N) is 1. The Morgan fingerprint density at radius 1 is 1.16 bits per heavy atom. The number of nitrogens with one attached hydrogen (secondary N) is 1. The predicted octanol–water partition coefficient (Wildman–Crippen LogP) is 4.49. The summed E-state index contributed by atoms with van der Waals surface area (Å²) < 4.78 is 18.7. The minimum absolute atomic E-state index is 0.0520. The maximum atomic E-state index is 13.5. The van der Waals surface area contributed by atoms with Crippen molar-refractivity contribution in [3.8, 4) is 5.75 Å². The molecule has 0 aliphatic carbocycles. The lowest BCUT2D eigenvalue weighted by Gasteiger charge is -2.29. The van der Waals surface area contributed by atoms with Crippen molar-refractivity contribution in [1.29, 1.82) is 0 Å². The normalized spacial score (nSPS) is 14.2. The molecule has 0 radical (unpaired) electrons. The average Bonchev–Trinajstić information content (AvgIpc) is 2.62. The van der Waals surface area contributed by atoms with Gasteiger partial charge in [0.25, 0.3) is 5.91 Å².